The molecule has 2 nitrogen and oxygen atoms in total. The molecular weight excluding hydrogens is 228 g/mol. The van der Waals surface area contributed by atoms with Gasteiger partial charge in [-0.3, -0.25) is 4.90 Å². The van der Waals surface area contributed by atoms with Gasteiger partial charge in [0.05, 0.1) is 0 Å². The molecule has 1 saturated heterocycles. The maximum atomic E-state index is 3.83. The number of rotatable bonds is 6. The maximum Gasteiger partial charge on any atom is 0.0249 e. The normalized spacial score (nSPS) is 35.1. The first-order chi connectivity index (χ1) is 8.38. The zero-order valence-corrected chi connectivity index (χ0v) is 11.8. The zero-order chi connectivity index (χ0) is 11.7. The average molecular weight is 254 g/mol. The fourth-order valence-corrected chi connectivity index (χ4v) is 3.70. The predicted molar refractivity (Wildman–Crippen MR) is 75.6 cm³/mol. The average Bonchev–Trinajstić information content (AvgIpc) is 3.19. The van der Waals surface area contributed by atoms with Crippen LogP contribution in [0.2, 0.25) is 0 Å². The van der Waals surface area contributed by atoms with Crippen LogP contribution in [-0.4, -0.2) is 48.6 Å². The third-order valence-electron chi connectivity index (χ3n) is 4.64. The highest BCUT2D eigenvalue weighted by atomic mass is 32.2. The predicted octanol–water partition coefficient (Wildman–Crippen LogP) is 2.20. The van der Waals surface area contributed by atoms with E-state index in [-0.39, 0.29) is 0 Å². The van der Waals surface area contributed by atoms with Crippen LogP contribution < -0.4 is 5.32 Å². The van der Waals surface area contributed by atoms with Gasteiger partial charge < -0.3 is 5.32 Å². The Balaban J connectivity index is 1.52. The summed E-state index contributed by atoms with van der Waals surface area (Å²) >= 11 is 1.99. The van der Waals surface area contributed by atoms with E-state index >= 15 is 0 Å². The Morgan fingerprint density at radius 1 is 1.18 bits per heavy atom. The molecule has 2 unspecified atom stereocenters. The molecule has 1 N–H and O–H groups in total. The fourth-order valence-electron chi connectivity index (χ4n) is 3.28. The topological polar surface area (TPSA) is 15.3 Å². The maximum absolute atomic E-state index is 3.83. The van der Waals surface area contributed by atoms with Crippen molar-refractivity contribution in [2.24, 2.45) is 11.8 Å². The van der Waals surface area contributed by atoms with Crippen molar-refractivity contribution in [2.75, 3.05) is 31.6 Å². The Morgan fingerprint density at radius 3 is 2.59 bits per heavy atom. The van der Waals surface area contributed by atoms with E-state index in [2.05, 4.69) is 16.5 Å². The van der Waals surface area contributed by atoms with Crippen LogP contribution in [0, 0.1) is 11.8 Å². The number of nitrogens with one attached hydrogen (secondary N) is 1. The molecule has 3 fully saturated rings. The van der Waals surface area contributed by atoms with Crippen molar-refractivity contribution < 1.29 is 0 Å². The minimum atomic E-state index is 0.819. The molecule has 17 heavy (non-hydrogen) atoms. The minimum Gasteiger partial charge on any atom is -0.311 e. The van der Waals surface area contributed by atoms with E-state index in [0.29, 0.717) is 0 Å². The van der Waals surface area contributed by atoms with E-state index in [0.717, 1.165) is 23.9 Å². The van der Waals surface area contributed by atoms with Crippen LogP contribution in [0.15, 0.2) is 0 Å². The molecule has 3 heteroatoms. The third-order valence-corrected chi connectivity index (χ3v) is 5.34. The first-order valence-corrected chi connectivity index (χ1v) is 8.74. The molecule has 0 bridgehead atoms. The molecule has 0 spiro atoms. The first kappa shape index (κ1) is 12.3. The Labute approximate surface area is 110 Å². The largest absolute Gasteiger partial charge is 0.311 e. The van der Waals surface area contributed by atoms with Gasteiger partial charge in [0.1, 0.15) is 0 Å². The molecule has 0 aromatic heterocycles. The molecule has 2 aliphatic carbocycles. The summed E-state index contributed by atoms with van der Waals surface area (Å²) in [5.74, 6) is 3.37. The molecular formula is C14H26N2S. The quantitative estimate of drug-likeness (QED) is 0.732. The Hall–Kier alpha value is 0.270. The van der Waals surface area contributed by atoms with E-state index < -0.39 is 0 Å². The van der Waals surface area contributed by atoms with E-state index in [1.807, 2.05) is 11.8 Å². The summed E-state index contributed by atoms with van der Waals surface area (Å²) in [4.78, 5) is 2.83. The monoisotopic (exact) mass is 254 g/mol. The van der Waals surface area contributed by atoms with Gasteiger partial charge in [-0.1, -0.05) is 0 Å². The standard InChI is InChI=1S/C14H26N2S/c1-17-8-2-7-16-10-13(11-3-4-11)15-9-14(16)12-5-6-12/h11-15H,2-10H2,1H3. The van der Waals surface area contributed by atoms with Crippen molar-refractivity contribution in [1.82, 2.24) is 10.2 Å². The molecule has 0 radical (unpaired) electrons. The van der Waals surface area contributed by atoms with Crippen LogP contribution in [-0.2, 0) is 0 Å². The Kier molecular flexibility index (Phi) is 3.98. The summed E-state index contributed by atoms with van der Waals surface area (Å²) in [6, 6.07) is 1.69. The fraction of sp³-hybridized carbons (Fsp3) is 1.00. The number of hydrogen-bond donors (Lipinski definition) is 1. The van der Waals surface area contributed by atoms with Gasteiger partial charge in [-0.25, -0.2) is 0 Å². The van der Waals surface area contributed by atoms with Crippen LogP contribution in [0.3, 0.4) is 0 Å². The molecule has 3 rings (SSSR count). The highest BCUT2D eigenvalue weighted by Gasteiger charge is 2.42. The van der Waals surface area contributed by atoms with Crippen molar-refractivity contribution in [3.8, 4) is 0 Å². The smallest absolute Gasteiger partial charge is 0.0249 e. The Morgan fingerprint density at radius 2 is 1.94 bits per heavy atom. The van der Waals surface area contributed by atoms with Crippen molar-refractivity contribution in [2.45, 2.75) is 44.2 Å². The van der Waals surface area contributed by atoms with Crippen molar-refractivity contribution in [1.29, 1.82) is 0 Å². The van der Waals surface area contributed by atoms with E-state index in [4.69, 9.17) is 0 Å². The summed E-state index contributed by atoms with van der Waals surface area (Å²) in [5, 5.41) is 3.83. The van der Waals surface area contributed by atoms with Gasteiger partial charge in [-0.15, -0.1) is 0 Å². The lowest BCUT2D eigenvalue weighted by Crippen LogP contribution is -2.58. The van der Waals surface area contributed by atoms with Crippen molar-refractivity contribution in [3.63, 3.8) is 0 Å². The second-order valence-electron chi connectivity index (χ2n) is 6.10. The molecule has 2 atom stereocenters. The summed E-state index contributed by atoms with van der Waals surface area (Å²) in [7, 11) is 0. The number of hydrogen-bond acceptors (Lipinski definition) is 3. The molecule has 1 aliphatic heterocycles. The van der Waals surface area contributed by atoms with Gasteiger partial charge in [-0.2, -0.15) is 11.8 Å². The molecule has 0 amide bonds. The SMILES string of the molecule is CSCCCN1CC(C2CC2)NCC1C1CC1. The summed E-state index contributed by atoms with van der Waals surface area (Å²) < 4.78 is 0. The van der Waals surface area contributed by atoms with Gasteiger partial charge >= 0.3 is 0 Å². The van der Waals surface area contributed by atoms with Gasteiger partial charge in [-0.05, 0) is 62.5 Å². The molecule has 0 aromatic carbocycles. The second kappa shape index (κ2) is 5.50. The highest BCUT2D eigenvalue weighted by Crippen LogP contribution is 2.39. The van der Waals surface area contributed by atoms with Crippen molar-refractivity contribution >= 4 is 11.8 Å². The first-order valence-electron chi connectivity index (χ1n) is 7.35. The molecule has 0 aromatic rings. The summed E-state index contributed by atoms with van der Waals surface area (Å²) in [6.45, 7) is 3.94. The molecule has 1 heterocycles. The van der Waals surface area contributed by atoms with E-state index in [1.54, 1.807) is 0 Å². The highest BCUT2D eigenvalue weighted by molar-refractivity contribution is 7.98. The third kappa shape index (κ3) is 3.18. The van der Waals surface area contributed by atoms with Crippen LogP contribution in [0.5, 0.6) is 0 Å². The number of nitrogens with zero attached hydrogens (tertiary/aromatic N) is 1. The second-order valence-corrected chi connectivity index (χ2v) is 7.08. The number of piperazine rings is 1. The van der Waals surface area contributed by atoms with Crippen LogP contribution in [0.4, 0.5) is 0 Å². The molecule has 3 aliphatic rings. The zero-order valence-electron chi connectivity index (χ0n) is 11.0. The van der Waals surface area contributed by atoms with Crippen LogP contribution >= 0.6 is 11.8 Å². The lowest BCUT2D eigenvalue weighted by atomic mass is 10.0. The van der Waals surface area contributed by atoms with E-state index in [1.165, 1.54) is 57.5 Å². The van der Waals surface area contributed by atoms with E-state index in [9.17, 15) is 0 Å². The Bertz CT molecular complexity index is 251. The van der Waals surface area contributed by atoms with Crippen LogP contribution in [0.1, 0.15) is 32.1 Å². The van der Waals surface area contributed by atoms with Crippen LogP contribution in [0.25, 0.3) is 0 Å². The summed E-state index contributed by atoms with van der Waals surface area (Å²) in [5.41, 5.74) is 0. The molecule has 98 valence electrons. The van der Waals surface area contributed by atoms with Crippen molar-refractivity contribution in [3.05, 3.63) is 0 Å². The van der Waals surface area contributed by atoms with Gasteiger partial charge in [0.25, 0.3) is 0 Å². The van der Waals surface area contributed by atoms with Gasteiger partial charge in [0, 0.05) is 25.2 Å². The summed E-state index contributed by atoms with van der Waals surface area (Å²) in [6.07, 6.45) is 9.53. The number of thioether (sulfide) groups is 1. The minimum absolute atomic E-state index is 0.819. The van der Waals surface area contributed by atoms with Gasteiger partial charge in [0.15, 0.2) is 0 Å². The lowest BCUT2D eigenvalue weighted by molar-refractivity contribution is 0.108. The molecule has 2 saturated carbocycles. The lowest BCUT2D eigenvalue weighted by Gasteiger charge is -2.41. The van der Waals surface area contributed by atoms with Gasteiger partial charge in [0.2, 0.25) is 0 Å².